The molecule has 0 bridgehead atoms. The zero-order valence-electron chi connectivity index (χ0n) is 16.4. The van der Waals surface area contributed by atoms with Crippen molar-refractivity contribution in [3.63, 3.8) is 0 Å². The molecule has 2 rings (SSSR count). The molecule has 0 radical (unpaired) electrons. The molecule has 2 heterocycles. The van der Waals surface area contributed by atoms with E-state index in [0.29, 0.717) is 12.2 Å². The van der Waals surface area contributed by atoms with Crippen molar-refractivity contribution >= 4 is 17.3 Å². The smallest absolute Gasteiger partial charge is 0.288 e. The van der Waals surface area contributed by atoms with Gasteiger partial charge in [-0.05, 0) is 48.5 Å². The third kappa shape index (κ3) is 4.74. The Morgan fingerprint density at radius 2 is 1.80 bits per heavy atom. The fourth-order valence-corrected chi connectivity index (χ4v) is 3.32. The van der Waals surface area contributed by atoms with Crippen molar-refractivity contribution in [2.24, 2.45) is 0 Å². The Bertz CT molecular complexity index is 656. The van der Waals surface area contributed by atoms with Gasteiger partial charge < -0.3 is 10.1 Å². The molecule has 7 heteroatoms. The molecule has 0 amide bonds. The first-order valence-corrected chi connectivity index (χ1v) is 9.22. The van der Waals surface area contributed by atoms with Crippen LogP contribution in [0.15, 0.2) is 11.0 Å². The van der Waals surface area contributed by atoms with Crippen LogP contribution in [0.5, 0.6) is 0 Å². The van der Waals surface area contributed by atoms with Crippen LogP contribution in [-0.2, 0) is 10.3 Å². The van der Waals surface area contributed by atoms with Crippen LogP contribution in [-0.4, -0.2) is 52.1 Å². The van der Waals surface area contributed by atoms with Crippen molar-refractivity contribution in [1.29, 1.82) is 0 Å². The highest BCUT2D eigenvalue weighted by Gasteiger charge is 2.33. The average molecular weight is 371 g/mol. The van der Waals surface area contributed by atoms with Gasteiger partial charge in [-0.1, -0.05) is 11.6 Å². The molecule has 1 aliphatic rings. The van der Waals surface area contributed by atoms with Crippen LogP contribution in [0.25, 0.3) is 0 Å². The largest absolute Gasteiger partial charge is 0.381 e. The fraction of sp³-hybridized carbons (Fsp3) is 0.778. The number of aromatic nitrogens is 2. The normalized spacial score (nSPS) is 22.9. The quantitative estimate of drug-likeness (QED) is 0.882. The molecule has 0 spiro atoms. The second-order valence-corrected chi connectivity index (χ2v) is 8.97. The molecule has 0 saturated carbocycles. The van der Waals surface area contributed by atoms with E-state index in [1.165, 1.54) is 4.68 Å². The van der Waals surface area contributed by atoms with E-state index in [4.69, 9.17) is 16.3 Å². The Morgan fingerprint density at radius 3 is 2.32 bits per heavy atom. The van der Waals surface area contributed by atoms with Crippen LogP contribution in [0.4, 0.5) is 5.69 Å². The number of nitrogens with zero attached hydrogens (tertiary/aromatic N) is 3. The van der Waals surface area contributed by atoms with E-state index in [2.05, 4.69) is 43.0 Å². The van der Waals surface area contributed by atoms with E-state index in [1.54, 1.807) is 6.20 Å². The predicted molar refractivity (Wildman–Crippen MR) is 103 cm³/mol. The van der Waals surface area contributed by atoms with Crippen LogP contribution in [0.3, 0.4) is 0 Å². The molecule has 25 heavy (non-hydrogen) atoms. The lowest BCUT2D eigenvalue weighted by atomic mass is 10.00. The number of ether oxygens (including phenoxy) is 1. The summed E-state index contributed by atoms with van der Waals surface area (Å²) >= 11 is 6.30. The Labute approximate surface area is 155 Å². The van der Waals surface area contributed by atoms with Gasteiger partial charge in [0.2, 0.25) is 0 Å². The monoisotopic (exact) mass is 370 g/mol. The minimum absolute atomic E-state index is 0.103. The third-order valence-corrected chi connectivity index (χ3v) is 4.91. The molecule has 0 aromatic carbocycles. The summed E-state index contributed by atoms with van der Waals surface area (Å²) < 4.78 is 7.23. The van der Waals surface area contributed by atoms with E-state index in [-0.39, 0.29) is 28.3 Å². The van der Waals surface area contributed by atoms with Gasteiger partial charge in [0.25, 0.3) is 5.56 Å². The van der Waals surface area contributed by atoms with Gasteiger partial charge >= 0.3 is 0 Å². The Morgan fingerprint density at radius 1 is 1.24 bits per heavy atom. The predicted octanol–water partition coefficient (Wildman–Crippen LogP) is 2.95. The Kier molecular flexibility index (Phi) is 5.86. The SMILES string of the molecule is C[C@@H]1CN(C(C)(C)CNc2cnn(C(C)(C)C)c(=O)c2Cl)C[C@H](C)O1. The van der Waals surface area contributed by atoms with Gasteiger partial charge in [-0.25, -0.2) is 4.68 Å². The first kappa shape index (κ1) is 20.2. The number of nitrogens with one attached hydrogen (secondary N) is 1. The summed E-state index contributed by atoms with van der Waals surface area (Å²) in [6.07, 6.45) is 2.06. The minimum atomic E-state index is -0.404. The summed E-state index contributed by atoms with van der Waals surface area (Å²) in [7, 11) is 0. The third-order valence-electron chi connectivity index (χ3n) is 4.54. The zero-order valence-corrected chi connectivity index (χ0v) is 17.1. The highest BCUT2D eigenvalue weighted by atomic mass is 35.5. The van der Waals surface area contributed by atoms with E-state index >= 15 is 0 Å². The van der Waals surface area contributed by atoms with Crippen molar-refractivity contribution in [1.82, 2.24) is 14.7 Å². The van der Waals surface area contributed by atoms with Gasteiger partial charge in [-0.3, -0.25) is 9.69 Å². The standard InChI is InChI=1S/C18H31ClN4O2/c1-12-9-22(10-13(2)25-12)18(6,7)11-20-14-8-21-23(17(3,4)5)16(24)15(14)19/h8,12-13,20H,9-11H2,1-7H3/t12-,13+. The summed E-state index contributed by atoms with van der Waals surface area (Å²) in [5.74, 6) is 0. The first-order chi connectivity index (χ1) is 11.4. The number of hydrogen-bond acceptors (Lipinski definition) is 5. The second-order valence-electron chi connectivity index (χ2n) is 8.59. The highest BCUT2D eigenvalue weighted by molar-refractivity contribution is 6.32. The van der Waals surface area contributed by atoms with E-state index < -0.39 is 5.54 Å². The Hall–Kier alpha value is -1.11. The summed E-state index contributed by atoms with van der Waals surface area (Å²) in [5, 5.41) is 7.77. The van der Waals surface area contributed by atoms with Crippen LogP contribution < -0.4 is 10.9 Å². The van der Waals surface area contributed by atoms with Gasteiger partial charge in [-0.15, -0.1) is 0 Å². The van der Waals surface area contributed by atoms with Crippen molar-refractivity contribution < 1.29 is 4.74 Å². The molecule has 0 unspecified atom stereocenters. The van der Waals surface area contributed by atoms with E-state index in [0.717, 1.165) is 13.1 Å². The topological polar surface area (TPSA) is 59.4 Å². The van der Waals surface area contributed by atoms with Crippen LogP contribution in [0.2, 0.25) is 5.02 Å². The summed E-state index contributed by atoms with van der Waals surface area (Å²) in [5.41, 5.74) is -0.201. The zero-order chi connectivity index (χ0) is 19.0. The number of rotatable bonds is 4. The summed E-state index contributed by atoms with van der Waals surface area (Å²) in [4.78, 5) is 14.9. The number of halogens is 1. The molecule has 142 valence electrons. The maximum absolute atomic E-state index is 12.4. The molecule has 1 fully saturated rings. The number of hydrogen-bond donors (Lipinski definition) is 1. The highest BCUT2D eigenvalue weighted by Crippen LogP contribution is 2.24. The van der Waals surface area contributed by atoms with Gasteiger partial charge in [0, 0.05) is 25.2 Å². The van der Waals surface area contributed by atoms with Gasteiger partial charge in [0.1, 0.15) is 5.02 Å². The van der Waals surface area contributed by atoms with Gasteiger partial charge in [0.15, 0.2) is 0 Å². The molecule has 1 aliphatic heterocycles. The first-order valence-electron chi connectivity index (χ1n) is 8.84. The van der Waals surface area contributed by atoms with Crippen molar-refractivity contribution in [2.75, 3.05) is 25.0 Å². The molecule has 1 aromatic heterocycles. The molecule has 1 aromatic rings. The molecular weight excluding hydrogens is 340 g/mol. The minimum Gasteiger partial charge on any atom is -0.381 e. The average Bonchev–Trinajstić information content (AvgIpc) is 2.46. The lowest BCUT2D eigenvalue weighted by Crippen LogP contribution is -2.57. The second kappa shape index (κ2) is 7.25. The number of morpholine rings is 1. The molecule has 2 atom stereocenters. The van der Waals surface area contributed by atoms with Crippen molar-refractivity contribution in [3.8, 4) is 0 Å². The maximum atomic E-state index is 12.4. The van der Waals surface area contributed by atoms with Crippen LogP contribution in [0, 0.1) is 0 Å². The van der Waals surface area contributed by atoms with Crippen LogP contribution in [0.1, 0.15) is 48.5 Å². The van der Waals surface area contributed by atoms with Crippen molar-refractivity contribution in [3.05, 3.63) is 21.6 Å². The number of anilines is 1. The van der Waals surface area contributed by atoms with Crippen molar-refractivity contribution in [2.45, 2.75) is 71.8 Å². The molecule has 1 N–H and O–H groups in total. The lowest BCUT2D eigenvalue weighted by molar-refractivity contribution is -0.0933. The molecular formula is C18H31ClN4O2. The molecule has 0 aliphatic carbocycles. The summed E-state index contributed by atoms with van der Waals surface area (Å²) in [6.45, 7) is 16.8. The van der Waals surface area contributed by atoms with E-state index in [1.807, 2.05) is 20.8 Å². The molecule has 6 nitrogen and oxygen atoms in total. The fourth-order valence-electron chi connectivity index (χ4n) is 3.13. The lowest BCUT2D eigenvalue weighted by Gasteiger charge is -2.45. The van der Waals surface area contributed by atoms with Gasteiger partial charge in [0.05, 0.1) is 29.6 Å². The van der Waals surface area contributed by atoms with Gasteiger partial charge in [-0.2, -0.15) is 5.10 Å². The maximum Gasteiger partial charge on any atom is 0.288 e. The van der Waals surface area contributed by atoms with E-state index in [9.17, 15) is 4.79 Å². The molecule has 1 saturated heterocycles. The Balaban J connectivity index is 2.13. The van der Waals surface area contributed by atoms with Crippen LogP contribution >= 0.6 is 11.6 Å². The summed E-state index contributed by atoms with van der Waals surface area (Å²) in [6, 6.07) is 0.